The average Bonchev–Trinajstić information content (AvgIpc) is 2.93. The SMILES string of the molecule is C[C@H](NC(=O)[C@@H](C)OC(=O)[C@@H]1CCC(=O)N1)c1ccc(Cl)cc1Cl. The van der Waals surface area contributed by atoms with Crippen LogP contribution in [0.25, 0.3) is 0 Å². The first-order valence-corrected chi connectivity index (χ1v) is 8.28. The highest BCUT2D eigenvalue weighted by Crippen LogP contribution is 2.26. The van der Waals surface area contributed by atoms with Gasteiger partial charge in [0.05, 0.1) is 6.04 Å². The summed E-state index contributed by atoms with van der Waals surface area (Å²) in [6, 6.07) is 3.93. The molecular formula is C16H18Cl2N2O4. The zero-order valence-electron chi connectivity index (χ0n) is 13.3. The number of benzene rings is 1. The lowest BCUT2D eigenvalue weighted by Gasteiger charge is -2.20. The molecule has 1 heterocycles. The zero-order valence-corrected chi connectivity index (χ0v) is 14.8. The number of nitrogens with one attached hydrogen (secondary N) is 2. The van der Waals surface area contributed by atoms with Crippen molar-refractivity contribution >= 4 is 41.0 Å². The van der Waals surface area contributed by atoms with Gasteiger partial charge >= 0.3 is 5.97 Å². The van der Waals surface area contributed by atoms with Crippen molar-refractivity contribution in [3.8, 4) is 0 Å². The van der Waals surface area contributed by atoms with Crippen LogP contribution in [0.3, 0.4) is 0 Å². The molecule has 6 nitrogen and oxygen atoms in total. The number of hydrogen-bond donors (Lipinski definition) is 2. The minimum atomic E-state index is -0.983. The van der Waals surface area contributed by atoms with Crippen molar-refractivity contribution in [2.45, 2.75) is 44.9 Å². The second kappa shape index (κ2) is 7.85. The molecule has 130 valence electrons. The summed E-state index contributed by atoms with van der Waals surface area (Å²) in [6.07, 6.45) is -0.321. The second-order valence-electron chi connectivity index (χ2n) is 5.63. The van der Waals surface area contributed by atoms with Crippen molar-refractivity contribution in [3.05, 3.63) is 33.8 Å². The highest BCUT2D eigenvalue weighted by molar-refractivity contribution is 6.35. The van der Waals surface area contributed by atoms with E-state index in [1.807, 2.05) is 0 Å². The maximum atomic E-state index is 12.2. The normalized spacial score (nSPS) is 19.3. The van der Waals surface area contributed by atoms with Crippen LogP contribution in [-0.2, 0) is 19.1 Å². The molecule has 0 bridgehead atoms. The first kappa shape index (κ1) is 18.5. The lowest BCUT2D eigenvalue weighted by molar-refractivity contribution is -0.157. The van der Waals surface area contributed by atoms with Gasteiger partial charge in [0.2, 0.25) is 5.91 Å². The Balaban J connectivity index is 1.91. The Bertz CT molecular complexity index is 665. The second-order valence-corrected chi connectivity index (χ2v) is 6.48. The number of rotatable bonds is 5. The van der Waals surface area contributed by atoms with Crippen molar-refractivity contribution in [3.63, 3.8) is 0 Å². The summed E-state index contributed by atoms with van der Waals surface area (Å²) in [5, 5.41) is 6.17. The van der Waals surface area contributed by atoms with Gasteiger partial charge in [0.25, 0.3) is 5.91 Å². The smallest absolute Gasteiger partial charge is 0.329 e. The molecule has 1 aliphatic rings. The molecule has 1 saturated heterocycles. The van der Waals surface area contributed by atoms with E-state index in [1.54, 1.807) is 25.1 Å². The van der Waals surface area contributed by atoms with E-state index in [4.69, 9.17) is 27.9 Å². The fourth-order valence-electron chi connectivity index (χ4n) is 2.36. The predicted octanol–water partition coefficient (Wildman–Crippen LogP) is 2.38. The van der Waals surface area contributed by atoms with Crippen LogP contribution in [0.5, 0.6) is 0 Å². The summed E-state index contributed by atoms with van der Waals surface area (Å²) in [5.41, 5.74) is 0.705. The molecule has 1 fully saturated rings. The summed E-state index contributed by atoms with van der Waals surface area (Å²) in [4.78, 5) is 35.2. The maximum absolute atomic E-state index is 12.2. The van der Waals surface area contributed by atoms with Gasteiger partial charge in [0.1, 0.15) is 6.04 Å². The van der Waals surface area contributed by atoms with Gasteiger partial charge in [0.15, 0.2) is 6.10 Å². The molecule has 0 spiro atoms. The van der Waals surface area contributed by atoms with Gasteiger partial charge in [-0.2, -0.15) is 0 Å². The Morgan fingerprint density at radius 3 is 2.62 bits per heavy atom. The van der Waals surface area contributed by atoms with Crippen molar-refractivity contribution in [2.75, 3.05) is 0 Å². The average molecular weight is 373 g/mol. The first-order chi connectivity index (χ1) is 11.3. The van der Waals surface area contributed by atoms with Crippen LogP contribution in [0.15, 0.2) is 18.2 Å². The van der Waals surface area contributed by atoms with E-state index in [-0.39, 0.29) is 18.4 Å². The van der Waals surface area contributed by atoms with Crippen LogP contribution in [0.1, 0.15) is 38.3 Å². The third kappa shape index (κ3) is 4.61. The van der Waals surface area contributed by atoms with Crippen LogP contribution in [-0.4, -0.2) is 29.9 Å². The summed E-state index contributed by atoms with van der Waals surface area (Å²) in [5.74, 6) is -1.26. The standard InChI is InChI=1S/C16H18Cl2N2O4/c1-8(11-4-3-10(17)7-12(11)18)19-15(22)9(2)24-16(23)13-5-6-14(21)20-13/h3-4,7-9,13H,5-6H2,1-2H3,(H,19,22)(H,20,21)/t8-,9+,13-/m0/s1. The van der Waals surface area contributed by atoms with Crippen molar-refractivity contribution in [1.29, 1.82) is 0 Å². The molecule has 0 radical (unpaired) electrons. The number of ether oxygens (including phenoxy) is 1. The molecule has 0 aromatic heterocycles. The maximum Gasteiger partial charge on any atom is 0.329 e. The van der Waals surface area contributed by atoms with Crippen LogP contribution in [0.2, 0.25) is 10.0 Å². The predicted molar refractivity (Wildman–Crippen MR) is 89.7 cm³/mol. The summed E-state index contributed by atoms with van der Waals surface area (Å²) < 4.78 is 5.11. The Hall–Kier alpha value is -1.79. The molecule has 2 N–H and O–H groups in total. The highest BCUT2D eigenvalue weighted by Gasteiger charge is 2.31. The number of carbonyl (C=O) groups excluding carboxylic acids is 3. The van der Waals surface area contributed by atoms with Gasteiger partial charge in [-0.15, -0.1) is 0 Å². The first-order valence-electron chi connectivity index (χ1n) is 7.53. The largest absolute Gasteiger partial charge is 0.451 e. The van der Waals surface area contributed by atoms with E-state index in [1.165, 1.54) is 6.92 Å². The van der Waals surface area contributed by atoms with Crippen molar-refractivity contribution in [2.24, 2.45) is 0 Å². The third-order valence-corrected chi connectivity index (χ3v) is 4.29. The van der Waals surface area contributed by atoms with Crippen LogP contribution in [0.4, 0.5) is 0 Å². The third-order valence-electron chi connectivity index (χ3n) is 3.73. The van der Waals surface area contributed by atoms with E-state index >= 15 is 0 Å². The molecule has 0 aliphatic carbocycles. The molecule has 1 aliphatic heterocycles. The molecule has 1 aromatic rings. The van der Waals surface area contributed by atoms with Gasteiger partial charge in [-0.25, -0.2) is 4.79 Å². The molecule has 0 saturated carbocycles. The topological polar surface area (TPSA) is 84.5 Å². The minimum Gasteiger partial charge on any atom is -0.451 e. The lowest BCUT2D eigenvalue weighted by atomic mass is 10.1. The minimum absolute atomic E-state index is 0.194. The van der Waals surface area contributed by atoms with E-state index in [0.717, 1.165) is 0 Å². The van der Waals surface area contributed by atoms with Crippen LogP contribution < -0.4 is 10.6 Å². The fourth-order valence-corrected chi connectivity index (χ4v) is 2.93. The quantitative estimate of drug-likeness (QED) is 0.777. The molecule has 2 amide bonds. The van der Waals surface area contributed by atoms with E-state index in [2.05, 4.69) is 10.6 Å². The Labute approximate surface area is 149 Å². The fraction of sp³-hybridized carbons (Fsp3) is 0.438. The Kier molecular flexibility index (Phi) is 6.07. The number of amides is 2. The molecular weight excluding hydrogens is 355 g/mol. The molecule has 1 aromatic carbocycles. The molecule has 0 unspecified atom stereocenters. The van der Waals surface area contributed by atoms with Crippen LogP contribution >= 0.6 is 23.2 Å². The van der Waals surface area contributed by atoms with Gasteiger partial charge in [0, 0.05) is 16.5 Å². The molecule has 8 heteroatoms. The zero-order chi connectivity index (χ0) is 17.9. The lowest BCUT2D eigenvalue weighted by Crippen LogP contribution is -2.41. The number of esters is 1. The monoisotopic (exact) mass is 372 g/mol. The van der Waals surface area contributed by atoms with Gasteiger partial charge in [-0.3, -0.25) is 9.59 Å². The number of halogens is 2. The van der Waals surface area contributed by atoms with E-state index in [9.17, 15) is 14.4 Å². The summed E-state index contributed by atoms with van der Waals surface area (Å²) in [6.45, 7) is 3.24. The van der Waals surface area contributed by atoms with Crippen molar-refractivity contribution < 1.29 is 19.1 Å². The van der Waals surface area contributed by atoms with Gasteiger partial charge in [-0.1, -0.05) is 29.3 Å². The molecule has 2 rings (SSSR count). The number of hydrogen-bond acceptors (Lipinski definition) is 4. The summed E-state index contributed by atoms with van der Waals surface area (Å²) in [7, 11) is 0. The van der Waals surface area contributed by atoms with Crippen molar-refractivity contribution in [1.82, 2.24) is 10.6 Å². The molecule has 3 atom stereocenters. The summed E-state index contributed by atoms with van der Waals surface area (Å²) >= 11 is 12.0. The molecule has 24 heavy (non-hydrogen) atoms. The van der Waals surface area contributed by atoms with E-state index < -0.39 is 24.0 Å². The van der Waals surface area contributed by atoms with E-state index in [0.29, 0.717) is 22.0 Å². The Morgan fingerprint density at radius 1 is 1.33 bits per heavy atom. The Morgan fingerprint density at radius 2 is 2.04 bits per heavy atom. The van der Waals surface area contributed by atoms with Gasteiger partial charge < -0.3 is 15.4 Å². The van der Waals surface area contributed by atoms with Crippen LogP contribution in [0, 0.1) is 0 Å². The van der Waals surface area contributed by atoms with Gasteiger partial charge in [-0.05, 0) is 38.0 Å². The number of carbonyl (C=O) groups is 3. The highest BCUT2D eigenvalue weighted by atomic mass is 35.5.